The van der Waals surface area contributed by atoms with Gasteiger partial charge in [-0.3, -0.25) is 0 Å². The number of ether oxygens (including phenoxy) is 1. The van der Waals surface area contributed by atoms with Gasteiger partial charge < -0.3 is 15.4 Å². The molecule has 1 aromatic carbocycles. The summed E-state index contributed by atoms with van der Waals surface area (Å²) in [5, 5.41) is 6.90. The molecule has 128 valence electrons. The number of amides is 2. The van der Waals surface area contributed by atoms with Gasteiger partial charge in [0.15, 0.2) is 0 Å². The Labute approximate surface area is 143 Å². The van der Waals surface area contributed by atoms with Gasteiger partial charge in [0, 0.05) is 16.9 Å². The van der Waals surface area contributed by atoms with Crippen LogP contribution in [-0.4, -0.2) is 30.7 Å². The lowest BCUT2D eigenvalue weighted by Crippen LogP contribution is -2.50. The Morgan fingerprint density at radius 2 is 2.04 bits per heavy atom. The fourth-order valence-electron chi connectivity index (χ4n) is 3.22. The number of rotatable bonds is 5. The summed E-state index contributed by atoms with van der Waals surface area (Å²) in [7, 11) is 1.65. The van der Waals surface area contributed by atoms with Gasteiger partial charge in [0.25, 0.3) is 0 Å². The molecule has 0 spiro atoms. The van der Waals surface area contributed by atoms with Crippen LogP contribution in [-0.2, 0) is 5.54 Å². The third-order valence-electron chi connectivity index (χ3n) is 4.50. The van der Waals surface area contributed by atoms with Crippen molar-refractivity contribution >= 4 is 17.8 Å². The lowest BCUT2D eigenvalue weighted by molar-refractivity contribution is 0.221. The Kier molecular flexibility index (Phi) is 6.22. The highest BCUT2D eigenvalue weighted by Gasteiger charge is 2.28. The molecule has 0 unspecified atom stereocenters. The van der Waals surface area contributed by atoms with Crippen molar-refractivity contribution in [1.82, 2.24) is 10.6 Å². The van der Waals surface area contributed by atoms with Crippen molar-refractivity contribution < 1.29 is 9.53 Å². The maximum Gasteiger partial charge on any atom is 0.315 e. The minimum absolute atomic E-state index is 0.104. The largest absolute Gasteiger partial charge is 0.496 e. The van der Waals surface area contributed by atoms with Crippen molar-refractivity contribution in [3.63, 3.8) is 0 Å². The first-order chi connectivity index (χ1) is 11.0. The van der Waals surface area contributed by atoms with Crippen molar-refractivity contribution in [3.05, 3.63) is 29.8 Å². The number of carbonyl (C=O) groups excluding carboxylic acids is 1. The Balaban J connectivity index is 1.98. The Morgan fingerprint density at radius 1 is 1.30 bits per heavy atom. The fourth-order valence-corrected chi connectivity index (χ4v) is 4.05. The van der Waals surface area contributed by atoms with Crippen LogP contribution in [0.5, 0.6) is 5.75 Å². The summed E-state index contributed by atoms with van der Waals surface area (Å²) in [6.45, 7) is 3.99. The van der Waals surface area contributed by atoms with Crippen molar-refractivity contribution in [2.45, 2.75) is 56.4 Å². The predicted molar refractivity (Wildman–Crippen MR) is 97.2 cm³/mol. The number of para-hydroxylation sites is 1. The zero-order valence-corrected chi connectivity index (χ0v) is 15.3. The summed E-state index contributed by atoms with van der Waals surface area (Å²) in [5.74, 6) is 0.790. The first-order valence-electron chi connectivity index (χ1n) is 8.21. The Bertz CT molecular complexity index is 534. The zero-order chi connectivity index (χ0) is 16.9. The third-order valence-corrected chi connectivity index (χ3v) is 5.60. The van der Waals surface area contributed by atoms with Gasteiger partial charge >= 0.3 is 6.03 Å². The van der Waals surface area contributed by atoms with Crippen LogP contribution in [0.25, 0.3) is 0 Å². The molecule has 1 aliphatic rings. The lowest BCUT2D eigenvalue weighted by atomic mass is 9.93. The number of methoxy groups -OCH3 is 1. The molecule has 1 aliphatic carbocycles. The normalized spacial score (nSPS) is 21.6. The molecule has 2 N–H and O–H groups in total. The molecule has 0 heterocycles. The molecule has 5 heteroatoms. The van der Waals surface area contributed by atoms with Crippen molar-refractivity contribution in [2.75, 3.05) is 13.4 Å². The predicted octanol–water partition coefficient (Wildman–Crippen LogP) is 3.90. The monoisotopic (exact) mass is 336 g/mol. The molecule has 0 saturated heterocycles. The highest BCUT2D eigenvalue weighted by Crippen LogP contribution is 2.30. The van der Waals surface area contributed by atoms with Crippen molar-refractivity contribution in [2.24, 2.45) is 0 Å². The van der Waals surface area contributed by atoms with E-state index in [4.69, 9.17) is 4.74 Å². The van der Waals surface area contributed by atoms with E-state index >= 15 is 0 Å². The van der Waals surface area contributed by atoms with E-state index in [-0.39, 0.29) is 12.1 Å². The molecular weight excluding hydrogens is 308 g/mol. The van der Waals surface area contributed by atoms with Gasteiger partial charge in [-0.25, -0.2) is 4.79 Å². The molecule has 2 rings (SSSR count). The van der Waals surface area contributed by atoms with Crippen LogP contribution in [0.1, 0.15) is 45.1 Å². The second-order valence-corrected chi connectivity index (χ2v) is 7.78. The SMILES string of the molecule is COc1ccccc1C(C)(C)NC(=O)N[C@@H]1CCC[C@H](SC)C1. The Morgan fingerprint density at radius 3 is 2.74 bits per heavy atom. The van der Waals surface area contributed by atoms with E-state index in [1.807, 2.05) is 49.9 Å². The van der Waals surface area contributed by atoms with Gasteiger partial charge in [-0.15, -0.1) is 0 Å². The average molecular weight is 337 g/mol. The fraction of sp³-hybridized carbons (Fsp3) is 0.611. The number of carbonyl (C=O) groups is 1. The van der Waals surface area contributed by atoms with Gasteiger partial charge in [0.1, 0.15) is 5.75 Å². The standard InChI is InChI=1S/C18H28N2O2S/c1-18(2,15-10-5-6-11-16(15)22-3)20-17(21)19-13-8-7-9-14(12-13)23-4/h5-6,10-11,13-14H,7-9,12H2,1-4H3,(H2,19,20,21)/t13-,14+/m1/s1. The van der Waals surface area contributed by atoms with E-state index in [2.05, 4.69) is 16.9 Å². The van der Waals surface area contributed by atoms with E-state index in [0.717, 1.165) is 24.2 Å². The first-order valence-corrected chi connectivity index (χ1v) is 9.50. The van der Waals surface area contributed by atoms with Gasteiger partial charge in [0.05, 0.1) is 12.6 Å². The maximum absolute atomic E-state index is 12.4. The Hall–Kier alpha value is -1.36. The number of nitrogens with one attached hydrogen (secondary N) is 2. The molecule has 1 aromatic rings. The molecule has 0 aliphatic heterocycles. The topological polar surface area (TPSA) is 50.4 Å². The van der Waals surface area contributed by atoms with Crippen LogP contribution in [0.2, 0.25) is 0 Å². The van der Waals surface area contributed by atoms with E-state index < -0.39 is 5.54 Å². The molecule has 4 nitrogen and oxygen atoms in total. The van der Waals surface area contributed by atoms with Gasteiger partial charge in [-0.2, -0.15) is 11.8 Å². The van der Waals surface area contributed by atoms with Crippen LogP contribution in [0.15, 0.2) is 24.3 Å². The first kappa shape index (κ1) is 18.0. The molecule has 1 saturated carbocycles. The van der Waals surface area contributed by atoms with Crippen LogP contribution >= 0.6 is 11.8 Å². The average Bonchev–Trinajstić information content (AvgIpc) is 2.54. The maximum atomic E-state index is 12.4. The number of benzene rings is 1. The van der Waals surface area contributed by atoms with Crippen LogP contribution in [0.4, 0.5) is 4.79 Å². The van der Waals surface area contributed by atoms with E-state index in [1.165, 1.54) is 12.8 Å². The second kappa shape index (κ2) is 7.95. The molecule has 23 heavy (non-hydrogen) atoms. The van der Waals surface area contributed by atoms with E-state index in [9.17, 15) is 4.79 Å². The number of hydrogen-bond donors (Lipinski definition) is 2. The second-order valence-electron chi connectivity index (χ2n) is 6.64. The quantitative estimate of drug-likeness (QED) is 0.857. The van der Waals surface area contributed by atoms with Gasteiger partial charge in [-0.05, 0) is 45.4 Å². The molecule has 2 amide bonds. The highest BCUT2D eigenvalue weighted by molar-refractivity contribution is 7.99. The minimum atomic E-state index is -0.496. The van der Waals surface area contributed by atoms with Gasteiger partial charge in [-0.1, -0.05) is 24.6 Å². The summed E-state index contributed by atoms with van der Waals surface area (Å²) < 4.78 is 5.42. The summed E-state index contributed by atoms with van der Waals surface area (Å²) in [6.07, 6.45) is 6.72. The summed E-state index contributed by atoms with van der Waals surface area (Å²) in [6, 6.07) is 7.97. The highest BCUT2D eigenvalue weighted by atomic mass is 32.2. The zero-order valence-electron chi connectivity index (χ0n) is 14.5. The van der Waals surface area contributed by atoms with Crippen molar-refractivity contribution in [1.29, 1.82) is 0 Å². The molecule has 1 fully saturated rings. The van der Waals surface area contributed by atoms with E-state index in [1.54, 1.807) is 7.11 Å². The third kappa shape index (κ3) is 4.80. The summed E-state index contributed by atoms with van der Waals surface area (Å²) in [5.41, 5.74) is 0.479. The molecule has 0 bridgehead atoms. The van der Waals surface area contributed by atoms with Gasteiger partial charge in [0.2, 0.25) is 0 Å². The molecule has 0 aromatic heterocycles. The number of thioether (sulfide) groups is 1. The van der Waals surface area contributed by atoms with Crippen molar-refractivity contribution in [3.8, 4) is 5.75 Å². The van der Waals surface area contributed by atoms with Crippen LogP contribution in [0.3, 0.4) is 0 Å². The molecule has 2 atom stereocenters. The number of urea groups is 1. The van der Waals surface area contributed by atoms with E-state index in [0.29, 0.717) is 5.25 Å². The van der Waals surface area contributed by atoms with Crippen LogP contribution in [0, 0.1) is 0 Å². The summed E-state index contributed by atoms with van der Waals surface area (Å²) in [4.78, 5) is 12.4. The van der Waals surface area contributed by atoms with Crippen LogP contribution < -0.4 is 15.4 Å². The lowest BCUT2D eigenvalue weighted by Gasteiger charge is -2.32. The summed E-state index contributed by atoms with van der Waals surface area (Å²) >= 11 is 1.90. The molecular formula is C18H28N2O2S. The minimum Gasteiger partial charge on any atom is -0.496 e. The molecule has 0 radical (unpaired) electrons. The smallest absolute Gasteiger partial charge is 0.315 e. The number of hydrogen-bond acceptors (Lipinski definition) is 3.